The van der Waals surface area contributed by atoms with Gasteiger partial charge in [-0.3, -0.25) is 0 Å². The van der Waals surface area contributed by atoms with Crippen molar-refractivity contribution in [2.45, 2.75) is 13.1 Å². The van der Waals surface area contributed by atoms with Crippen LogP contribution in [0.2, 0.25) is 0 Å². The van der Waals surface area contributed by atoms with E-state index in [-0.39, 0.29) is 6.17 Å². The molecule has 0 radical (unpaired) electrons. The first-order valence-electron chi connectivity index (χ1n) is 4.07. The van der Waals surface area contributed by atoms with E-state index in [1.165, 1.54) is 0 Å². The van der Waals surface area contributed by atoms with Crippen LogP contribution in [-0.2, 0) is 0 Å². The Bertz CT molecular complexity index is 363. The van der Waals surface area contributed by atoms with E-state index in [2.05, 4.69) is 10.6 Å². The Morgan fingerprint density at radius 3 is 2.77 bits per heavy atom. The molecule has 2 rings (SSSR count). The number of hydrogen-bond donors (Lipinski definition) is 3. The number of aromatic carboxylic acids is 1. The van der Waals surface area contributed by atoms with E-state index in [9.17, 15) is 4.79 Å². The van der Waals surface area contributed by atoms with Gasteiger partial charge in [0, 0.05) is 0 Å². The Morgan fingerprint density at radius 1 is 1.38 bits per heavy atom. The fourth-order valence-corrected chi connectivity index (χ4v) is 1.43. The molecule has 0 aliphatic carbocycles. The molecule has 4 nitrogen and oxygen atoms in total. The molecule has 0 amide bonds. The van der Waals surface area contributed by atoms with E-state index in [0.717, 1.165) is 11.4 Å². The molecule has 1 aromatic carbocycles. The summed E-state index contributed by atoms with van der Waals surface area (Å²) in [7, 11) is 0. The Labute approximate surface area is 75.6 Å². The van der Waals surface area contributed by atoms with E-state index in [0.29, 0.717) is 5.56 Å². The van der Waals surface area contributed by atoms with Gasteiger partial charge in [0.25, 0.3) is 0 Å². The minimum absolute atomic E-state index is 0.166. The van der Waals surface area contributed by atoms with Crippen LogP contribution >= 0.6 is 0 Å². The third-order valence-electron chi connectivity index (χ3n) is 2.01. The highest BCUT2D eigenvalue weighted by Gasteiger charge is 2.16. The van der Waals surface area contributed by atoms with Crippen molar-refractivity contribution in [2.24, 2.45) is 0 Å². The fourth-order valence-electron chi connectivity index (χ4n) is 1.43. The van der Waals surface area contributed by atoms with Crippen molar-refractivity contribution in [1.29, 1.82) is 0 Å². The Hall–Kier alpha value is -1.71. The topological polar surface area (TPSA) is 61.4 Å². The molecule has 1 aliphatic rings. The van der Waals surface area contributed by atoms with Gasteiger partial charge in [-0.25, -0.2) is 4.79 Å². The zero-order valence-electron chi connectivity index (χ0n) is 7.16. The van der Waals surface area contributed by atoms with Gasteiger partial charge in [0.05, 0.1) is 23.1 Å². The zero-order valence-corrected chi connectivity index (χ0v) is 7.16. The molecule has 13 heavy (non-hydrogen) atoms. The molecule has 0 bridgehead atoms. The average molecular weight is 178 g/mol. The second-order valence-electron chi connectivity index (χ2n) is 3.08. The number of anilines is 2. The molecule has 1 atom stereocenters. The van der Waals surface area contributed by atoms with E-state index in [1.807, 2.05) is 6.92 Å². The van der Waals surface area contributed by atoms with Crippen molar-refractivity contribution in [1.82, 2.24) is 0 Å². The summed E-state index contributed by atoms with van der Waals surface area (Å²) in [6.07, 6.45) is 0.166. The second-order valence-corrected chi connectivity index (χ2v) is 3.08. The lowest BCUT2D eigenvalue weighted by molar-refractivity contribution is 0.0697. The smallest absolute Gasteiger partial charge is 0.335 e. The minimum Gasteiger partial charge on any atom is -0.478 e. The van der Waals surface area contributed by atoms with E-state index in [1.54, 1.807) is 18.2 Å². The Balaban J connectivity index is 2.40. The Kier molecular flexibility index (Phi) is 1.62. The molecule has 0 spiro atoms. The summed E-state index contributed by atoms with van der Waals surface area (Å²) in [6, 6.07) is 5.00. The van der Waals surface area contributed by atoms with Crippen molar-refractivity contribution in [3.8, 4) is 0 Å². The Morgan fingerprint density at radius 2 is 2.08 bits per heavy atom. The zero-order chi connectivity index (χ0) is 9.42. The molecule has 1 unspecified atom stereocenters. The van der Waals surface area contributed by atoms with Crippen molar-refractivity contribution >= 4 is 17.3 Å². The summed E-state index contributed by atoms with van der Waals surface area (Å²) >= 11 is 0. The van der Waals surface area contributed by atoms with Crippen molar-refractivity contribution < 1.29 is 9.90 Å². The minimum atomic E-state index is -0.899. The monoisotopic (exact) mass is 178 g/mol. The van der Waals surface area contributed by atoms with Gasteiger partial charge >= 0.3 is 5.97 Å². The number of benzene rings is 1. The summed E-state index contributed by atoms with van der Waals surface area (Å²) < 4.78 is 0. The van der Waals surface area contributed by atoms with Crippen LogP contribution < -0.4 is 10.6 Å². The molecule has 0 aromatic heterocycles. The third kappa shape index (κ3) is 1.30. The van der Waals surface area contributed by atoms with Crippen LogP contribution in [0.3, 0.4) is 0 Å². The normalized spacial score (nSPS) is 18.7. The number of carboxylic acid groups (broad SMARTS) is 1. The van der Waals surface area contributed by atoms with Crippen LogP contribution in [0.25, 0.3) is 0 Å². The van der Waals surface area contributed by atoms with Gasteiger partial charge in [0.1, 0.15) is 0 Å². The van der Waals surface area contributed by atoms with Crippen LogP contribution in [0.15, 0.2) is 18.2 Å². The predicted octanol–water partition coefficient (Wildman–Crippen LogP) is 1.57. The van der Waals surface area contributed by atoms with Crippen molar-refractivity contribution in [3.05, 3.63) is 23.8 Å². The van der Waals surface area contributed by atoms with Gasteiger partial charge in [0.15, 0.2) is 0 Å². The highest BCUT2D eigenvalue weighted by atomic mass is 16.4. The number of rotatable bonds is 1. The molecular formula is C9H10N2O2. The first-order chi connectivity index (χ1) is 6.16. The predicted molar refractivity (Wildman–Crippen MR) is 50.1 cm³/mol. The molecule has 0 saturated heterocycles. The first kappa shape index (κ1) is 7.91. The highest BCUT2D eigenvalue weighted by molar-refractivity contribution is 5.91. The second kappa shape index (κ2) is 2.65. The lowest BCUT2D eigenvalue weighted by atomic mass is 10.2. The standard InChI is InChI=1S/C9H10N2O2/c1-5-10-7-3-2-6(9(12)13)4-8(7)11-5/h2-5,10-11H,1H3,(H,12,13). The average Bonchev–Trinajstić information content (AvgIpc) is 2.42. The molecule has 1 aromatic rings. The molecule has 0 fully saturated rings. The van der Waals surface area contributed by atoms with Gasteiger partial charge in [-0.2, -0.15) is 0 Å². The number of carbonyl (C=O) groups is 1. The molecular weight excluding hydrogens is 168 g/mol. The number of fused-ring (bicyclic) bond motifs is 1. The summed E-state index contributed by atoms with van der Waals surface area (Å²) in [5.74, 6) is -0.899. The molecule has 1 aliphatic heterocycles. The first-order valence-corrected chi connectivity index (χ1v) is 4.07. The van der Waals surface area contributed by atoms with Crippen LogP contribution in [0.4, 0.5) is 11.4 Å². The quantitative estimate of drug-likeness (QED) is 0.610. The summed E-state index contributed by atoms with van der Waals surface area (Å²) in [5, 5.41) is 15.0. The number of carboxylic acids is 1. The lowest BCUT2D eigenvalue weighted by Gasteiger charge is -2.01. The van der Waals surface area contributed by atoms with Crippen molar-refractivity contribution in [2.75, 3.05) is 10.6 Å². The van der Waals surface area contributed by atoms with E-state index in [4.69, 9.17) is 5.11 Å². The van der Waals surface area contributed by atoms with Crippen LogP contribution in [-0.4, -0.2) is 17.2 Å². The van der Waals surface area contributed by atoms with Gasteiger partial charge in [0.2, 0.25) is 0 Å². The van der Waals surface area contributed by atoms with Crippen LogP contribution in [0, 0.1) is 0 Å². The molecule has 1 heterocycles. The fraction of sp³-hybridized carbons (Fsp3) is 0.222. The molecule has 68 valence electrons. The lowest BCUT2D eigenvalue weighted by Crippen LogP contribution is -2.16. The van der Waals surface area contributed by atoms with Gasteiger partial charge in [-0.05, 0) is 25.1 Å². The molecule has 0 saturated carbocycles. The number of hydrogen-bond acceptors (Lipinski definition) is 3. The van der Waals surface area contributed by atoms with E-state index < -0.39 is 5.97 Å². The van der Waals surface area contributed by atoms with Crippen LogP contribution in [0.1, 0.15) is 17.3 Å². The molecule has 4 heteroatoms. The van der Waals surface area contributed by atoms with Crippen molar-refractivity contribution in [3.63, 3.8) is 0 Å². The van der Waals surface area contributed by atoms with Gasteiger partial charge in [-0.15, -0.1) is 0 Å². The summed E-state index contributed by atoms with van der Waals surface area (Å²) in [4.78, 5) is 10.6. The SMILES string of the molecule is CC1Nc2ccc(C(=O)O)cc2N1. The summed E-state index contributed by atoms with van der Waals surface area (Å²) in [5.41, 5.74) is 2.12. The van der Waals surface area contributed by atoms with Gasteiger partial charge < -0.3 is 15.7 Å². The molecule has 3 N–H and O–H groups in total. The maximum absolute atomic E-state index is 10.6. The van der Waals surface area contributed by atoms with E-state index >= 15 is 0 Å². The number of nitrogens with one attached hydrogen (secondary N) is 2. The van der Waals surface area contributed by atoms with Crippen LogP contribution in [0.5, 0.6) is 0 Å². The maximum Gasteiger partial charge on any atom is 0.335 e. The third-order valence-corrected chi connectivity index (χ3v) is 2.01. The largest absolute Gasteiger partial charge is 0.478 e. The van der Waals surface area contributed by atoms with Gasteiger partial charge in [-0.1, -0.05) is 0 Å². The maximum atomic E-state index is 10.6. The summed E-state index contributed by atoms with van der Waals surface area (Å²) in [6.45, 7) is 1.97. The highest BCUT2D eigenvalue weighted by Crippen LogP contribution is 2.29.